The Hall–Kier alpha value is -3.26. The smallest absolute Gasteiger partial charge is 0.329 e. The van der Waals surface area contributed by atoms with Gasteiger partial charge < -0.3 is 19.4 Å². The van der Waals surface area contributed by atoms with Gasteiger partial charge in [-0.05, 0) is 49.8 Å². The largest absolute Gasteiger partial charge is 0.495 e. The Morgan fingerprint density at radius 3 is 2.59 bits per heavy atom. The van der Waals surface area contributed by atoms with E-state index in [1.807, 2.05) is 24.5 Å². The minimum Gasteiger partial charge on any atom is -0.495 e. The third-order valence-corrected chi connectivity index (χ3v) is 4.86. The summed E-state index contributed by atoms with van der Waals surface area (Å²) in [5.74, 6) is -0.628. The van der Waals surface area contributed by atoms with E-state index in [1.54, 1.807) is 31.4 Å². The molecule has 8 nitrogen and oxygen atoms in total. The zero-order valence-corrected chi connectivity index (χ0v) is 17.2. The normalized spacial score (nSPS) is 15.1. The Labute approximate surface area is 172 Å². The van der Waals surface area contributed by atoms with Gasteiger partial charge in [-0.25, -0.2) is 9.69 Å². The monoisotopic (exact) mass is 417 g/mol. The van der Waals surface area contributed by atoms with Gasteiger partial charge in [0.05, 0.1) is 19.9 Å². The number of halogens is 1. The maximum absolute atomic E-state index is 12.5. The summed E-state index contributed by atoms with van der Waals surface area (Å²) in [6.45, 7) is 3.35. The third kappa shape index (κ3) is 3.84. The van der Waals surface area contributed by atoms with Crippen LogP contribution in [0.1, 0.15) is 17.0 Å². The molecule has 0 radical (unpaired) electrons. The minimum absolute atomic E-state index is 0.0808. The first-order chi connectivity index (χ1) is 13.8. The van der Waals surface area contributed by atoms with Crippen molar-refractivity contribution in [1.29, 1.82) is 0 Å². The molecule has 1 aromatic heterocycles. The van der Waals surface area contributed by atoms with E-state index in [1.165, 1.54) is 7.11 Å². The SMILES string of the molecule is COC(=O)CN1C(=O)N/C(=C/c2cc(C)n(-c3cc(Cl)ccc3OC)c2C)C1=O. The number of aromatic nitrogens is 1. The van der Waals surface area contributed by atoms with Crippen molar-refractivity contribution in [3.05, 3.63) is 51.9 Å². The first-order valence-electron chi connectivity index (χ1n) is 8.71. The lowest BCUT2D eigenvalue weighted by Crippen LogP contribution is -2.36. The van der Waals surface area contributed by atoms with Gasteiger partial charge in [-0.2, -0.15) is 0 Å². The van der Waals surface area contributed by atoms with Crippen LogP contribution in [0.25, 0.3) is 11.8 Å². The fraction of sp³-hybridized carbons (Fsp3) is 0.250. The molecule has 1 saturated heterocycles. The van der Waals surface area contributed by atoms with Gasteiger partial charge in [-0.3, -0.25) is 9.59 Å². The van der Waals surface area contributed by atoms with Crippen LogP contribution in [-0.4, -0.2) is 48.1 Å². The first-order valence-corrected chi connectivity index (χ1v) is 9.08. The highest BCUT2D eigenvalue weighted by molar-refractivity contribution is 6.30. The summed E-state index contributed by atoms with van der Waals surface area (Å²) >= 11 is 6.16. The number of esters is 1. The number of carbonyl (C=O) groups is 3. The fourth-order valence-corrected chi connectivity index (χ4v) is 3.37. The van der Waals surface area contributed by atoms with Crippen molar-refractivity contribution in [1.82, 2.24) is 14.8 Å². The molecule has 0 bridgehead atoms. The van der Waals surface area contributed by atoms with E-state index < -0.39 is 24.5 Å². The zero-order chi connectivity index (χ0) is 21.3. The molecule has 0 spiro atoms. The van der Waals surface area contributed by atoms with Crippen LogP contribution in [0.3, 0.4) is 0 Å². The van der Waals surface area contributed by atoms with Crippen LogP contribution in [0, 0.1) is 13.8 Å². The standard InChI is InChI=1S/C20H20ClN3O5/c1-11-7-13(8-15-19(26)23(20(27)22-15)10-18(25)29-4)12(2)24(11)16-9-14(21)5-6-17(16)28-3/h5-9H,10H2,1-4H3,(H,22,27)/b15-8+. The number of methoxy groups -OCH3 is 2. The lowest BCUT2D eigenvalue weighted by atomic mass is 10.2. The molecule has 1 aliphatic heterocycles. The molecule has 29 heavy (non-hydrogen) atoms. The molecule has 1 N–H and O–H groups in total. The number of rotatable bonds is 5. The zero-order valence-electron chi connectivity index (χ0n) is 16.4. The van der Waals surface area contributed by atoms with Crippen LogP contribution in [0.4, 0.5) is 4.79 Å². The van der Waals surface area contributed by atoms with E-state index in [0.717, 1.165) is 27.5 Å². The lowest BCUT2D eigenvalue weighted by molar-refractivity contribution is -0.143. The van der Waals surface area contributed by atoms with Crippen LogP contribution >= 0.6 is 11.6 Å². The Bertz CT molecular complexity index is 1040. The van der Waals surface area contributed by atoms with Gasteiger partial charge in [0.25, 0.3) is 5.91 Å². The van der Waals surface area contributed by atoms with Gasteiger partial charge in [0.2, 0.25) is 0 Å². The molecule has 2 aromatic rings. The number of aryl methyl sites for hydroxylation is 1. The number of ether oxygens (including phenoxy) is 2. The second-order valence-corrected chi connectivity index (χ2v) is 6.87. The number of urea groups is 1. The highest BCUT2D eigenvalue weighted by Crippen LogP contribution is 2.31. The number of carbonyl (C=O) groups excluding carboxylic acids is 3. The van der Waals surface area contributed by atoms with Gasteiger partial charge >= 0.3 is 12.0 Å². The van der Waals surface area contributed by atoms with Crippen molar-refractivity contribution in [2.45, 2.75) is 13.8 Å². The summed E-state index contributed by atoms with van der Waals surface area (Å²) in [6.07, 6.45) is 1.58. The van der Waals surface area contributed by atoms with Crippen molar-refractivity contribution in [2.75, 3.05) is 20.8 Å². The van der Waals surface area contributed by atoms with Crippen LogP contribution in [0.5, 0.6) is 5.75 Å². The summed E-state index contributed by atoms with van der Waals surface area (Å²) in [7, 11) is 2.77. The maximum Gasteiger partial charge on any atom is 0.329 e. The summed E-state index contributed by atoms with van der Waals surface area (Å²) in [6, 6.07) is 6.52. The molecule has 0 unspecified atom stereocenters. The second-order valence-electron chi connectivity index (χ2n) is 6.43. The van der Waals surface area contributed by atoms with Crippen molar-refractivity contribution in [3.8, 4) is 11.4 Å². The van der Waals surface area contributed by atoms with Gasteiger partial charge in [0.15, 0.2) is 0 Å². The van der Waals surface area contributed by atoms with E-state index in [9.17, 15) is 14.4 Å². The van der Waals surface area contributed by atoms with E-state index in [2.05, 4.69) is 10.1 Å². The number of imide groups is 1. The van der Waals surface area contributed by atoms with Crippen molar-refractivity contribution >= 4 is 35.6 Å². The van der Waals surface area contributed by atoms with E-state index in [4.69, 9.17) is 16.3 Å². The van der Waals surface area contributed by atoms with E-state index >= 15 is 0 Å². The first kappa shape index (κ1) is 20.5. The quantitative estimate of drug-likeness (QED) is 0.459. The van der Waals surface area contributed by atoms with E-state index in [-0.39, 0.29) is 5.70 Å². The number of hydrogen-bond acceptors (Lipinski definition) is 5. The summed E-state index contributed by atoms with van der Waals surface area (Å²) < 4.78 is 11.9. The Balaban J connectivity index is 2.00. The molecule has 2 heterocycles. The Morgan fingerprint density at radius 2 is 1.93 bits per heavy atom. The fourth-order valence-electron chi connectivity index (χ4n) is 3.21. The molecule has 152 valence electrons. The predicted octanol–water partition coefficient (Wildman–Crippen LogP) is 2.82. The number of benzene rings is 1. The molecule has 1 aromatic carbocycles. The van der Waals surface area contributed by atoms with Crippen molar-refractivity contribution in [3.63, 3.8) is 0 Å². The predicted molar refractivity (Wildman–Crippen MR) is 107 cm³/mol. The summed E-state index contributed by atoms with van der Waals surface area (Å²) in [5.41, 5.74) is 3.28. The average molecular weight is 418 g/mol. The number of amides is 3. The van der Waals surface area contributed by atoms with E-state index in [0.29, 0.717) is 10.8 Å². The molecule has 3 amide bonds. The van der Waals surface area contributed by atoms with Crippen LogP contribution in [-0.2, 0) is 14.3 Å². The second kappa shape index (κ2) is 8.00. The molecule has 0 aliphatic carbocycles. The van der Waals surface area contributed by atoms with Crippen LogP contribution in [0.15, 0.2) is 30.0 Å². The Kier molecular flexibility index (Phi) is 5.65. The molecule has 0 atom stereocenters. The number of hydrogen-bond donors (Lipinski definition) is 1. The van der Waals surface area contributed by atoms with Gasteiger partial charge in [-0.15, -0.1) is 0 Å². The van der Waals surface area contributed by atoms with Gasteiger partial charge in [-0.1, -0.05) is 11.6 Å². The summed E-state index contributed by atoms with van der Waals surface area (Å²) in [5, 5.41) is 3.05. The maximum atomic E-state index is 12.5. The molecular formula is C20H20ClN3O5. The van der Waals surface area contributed by atoms with Crippen molar-refractivity contribution in [2.24, 2.45) is 0 Å². The minimum atomic E-state index is -0.680. The topological polar surface area (TPSA) is 89.9 Å². The Morgan fingerprint density at radius 1 is 1.21 bits per heavy atom. The van der Waals surface area contributed by atoms with Crippen LogP contribution < -0.4 is 10.1 Å². The molecule has 9 heteroatoms. The third-order valence-electron chi connectivity index (χ3n) is 4.63. The molecule has 1 aliphatic rings. The summed E-state index contributed by atoms with van der Waals surface area (Å²) in [4.78, 5) is 36.8. The molecular weight excluding hydrogens is 398 g/mol. The number of nitrogens with one attached hydrogen (secondary N) is 1. The van der Waals surface area contributed by atoms with Crippen molar-refractivity contribution < 1.29 is 23.9 Å². The molecule has 0 saturated carbocycles. The van der Waals surface area contributed by atoms with Gasteiger partial charge in [0.1, 0.15) is 18.0 Å². The number of nitrogens with zero attached hydrogens (tertiary/aromatic N) is 2. The molecule has 1 fully saturated rings. The average Bonchev–Trinajstić information content (AvgIpc) is 3.11. The highest BCUT2D eigenvalue weighted by atomic mass is 35.5. The molecule has 3 rings (SSSR count). The highest BCUT2D eigenvalue weighted by Gasteiger charge is 2.35. The lowest BCUT2D eigenvalue weighted by Gasteiger charge is -2.14. The van der Waals surface area contributed by atoms with Gasteiger partial charge in [0, 0.05) is 16.4 Å². The van der Waals surface area contributed by atoms with Crippen LogP contribution in [0.2, 0.25) is 5.02 Å².